The number of hydrogen-bond donors (Lipinski definition) is 2. The molecule has 2 aromatic carbocycles. The number of carbonyl (C=O) groups excluding carboxylic acids is 1. The smallest absolute Gasteiger partial charge is 0.341 e. The van der Waals surface area contributed by atoms with Crippen LogP contribution >= 0.6 is 0 Å². The molecule has 3 rings (SSSR count). The molecular weight excluding hydrogens is 348 g/mol. The van der Waals surface area contributed by atoms with Gasteiger partial charge in [-0.3, -0.25) is 4.98 Å². The molecule has 0 spiro atoms. The number of hydrogen-bond acceptors (Lipinski definition) is 6. The first kappa shape index (κ1) is 18.2. The summed E-state index contributed by atoms with van der Waals surface area (Å²) in [5, 5.41) is 13.1. The third-order valence-electron chi connectivity index (χ3n) is 3.99. The first-order valence-electron chi connectivity index (χ1n) is 8.28. The minimum absolute atomic E-state index is 0.0835. The van der Waals surface area contributed by atoms with E-state index in [-0.39, 0.29) is 17.7 Å². The van der Waals surface area contributed by atoms with E-state index in [2.05, 4.69) is 10.3 Å². The number of carboxylic acid groups (broad SMARTS) is 1. The molecule has 1 aromatic heterocycles. The zero-order chi connectivity index (χ0) is 19.4. The summed E-state index contributed by atoms with van der Waals surface area (Å²) in [6.45, 7) is 1.92. The van der Waals surface area contributed by atoms with E-state index in [9.17, 15) is 14.7 Å². The minimum Gasteiger partial charge on any atom is -0.497 e. The zero-order valence-electron chi connectivity index (χ0n) is 14.9. The number of carboxylic acids is 1. The van der Waals surface area contributed by atoms with Crippen LogP contribution in [0.3, 0.4) is 0 Å². The van der Waals surface area contributed by atoms with Crippen LogP contribution in [-0.2, 0) is 4.74 Å². The topological polar surface area (TPSA) is 97.8 Å². The summed E-state index contributed by atoms with van der Waals surface area (Å²) >= 11 is 0. The minimum atomic E-state index is -1.08. The van der Waals surface area contributed by atoms with Crippen LogP contribution in [0.2, 0.25) is 0 Å². The Kier molecular flexibility index (Phi) is 5.21. The lowest BCUT2D eigenvalue weighted by atomic mass is 10.1. The average molecular weight is 366 g/mol. The third kappa shape index (κ3) is 3.67. The Bertz CT molecular complexity index is 1020. The van der Waals surface area contributed by atoms with E-state index < -0.39 is 11.9 Å². The second-order valence-electron chi connectivity index (χ2n) is 5.63. The van der Waals surface area contributed by atoms with Gasteiger partial charge in [-0.15, -0.1) is 0 Å². The van der Waals surface area contributed by atoms with Crippen molar-refractivity contribution in [1.29, 1.82) is 0 Å². The molecule has 27 heavy (non-hydrogen) atoms. The van der Waals surface area contributed by atoms with Crippen molar-refractivity contribution in [3.8, 4) is 5.75 Å². The molecule has 7 nitrogen and oxygen atoms in total. The van der Waals surface area contributed by atoms with Crippen molar-refractivity contribution in [3.05, 3.63) is 59.8 Å². The number of benzene rings is 2. The zero-order valence-corrected chi connectivity index (χ0v) is 14.9. The van der Waals surface area contributed by atoms with Crippen LogP contribution in [0.4, 0.5) is 11.4 Å². The van der Waals surface area contributed by atoms with Gasteiger partial charge >= 0.3 is 11.9 Å². The molecular formula is C20H18N2O5. The summed E-state index contributed by atoms with van der Waals surface area (Å²) in [6, 6.07) is 11.7. The lowest BCUT2D eigenvalue weighted by Crippen LogP contribution is -2.10. The number of fused-ring (bicyclic) bond motifs is 1. The van der Waals surface area contributed by atoms with Crippen LogP contribution in [0.1, 0.15) is 27.6 Å². The molecule has 1 heterocycles. The highest BCUT2D eigenvalue weighted by Gasteiger charge is 2.19. The summed E-state index contributed by atoms with van der Waals surface area (Å²) in [4.78, 5) is 28.3. The number of aromatic nitrogens is 1. The van der Waals surface area contributed by atoms with Gasteiger partial charge < -0.3 is 19.9 Å². The van der Waals surface area contributed by atoms with Gasteiger partial charge in [-0.1, -0.05) is 12.1 Å². The van der Waals surface area contributed by atoms with Crippen molar-refractivity contribution in [1.82, 2.24) is 4.98 Å². The van der Waals surface area contributed by atoms with Crippen LogP contribution in [0.5, 0.6) is 5.75 Å². The number of carbonyl (C=O) groups is 2. The number of para-hydroxylation sites is 1. The van der Waals surface area contributed by atoms with E-state index in [0.717, 1.165) is 0 Å². The van der Waals surface area contributed by atoms with Gasteiger partial charge in [0.2, 0.25) is 0 Å². The molecule has 0 saturated heterocycles. The molecule has 0 aliphatic heterocycles. The maximum absolute atomic E-state index is 12.4. The van der Waals surface area contributed by atoms with Gasteiger partial charge in [0, 0.05) is 11.6 Å². The molecule has 0 saturated carbocycles. The number of esters is 1. The van der Waals surface area contributed by atoms with Gasteiger partial charge in [0.25, 0.3) is 0 Å². The van der Waals surface area contributed by atoms with E-state index in [1.807, 2.05) is 0 Å². The van der Waals surface area contributed by atoms with Crippen molar-refractivity contribution in [3.63, 3.8) is 0 Å². The normalized spacial score (nSPS) is 10.4. The second-order valence-corrected chi connectivity index (χ2v) is 5.63. The van der Waals surface area contributed by atoms with E-state index in [4.69, 9.17) is 9.47 Å². The van der Waals surface area contributed by atoms with Crippen LogP contribution in [0, 0.1) is 0 Å². The number of anilines is 2. The largest absolute Gasteiger partial charge is 0.497 e. The summed E-state index contributed by atoms with van der Waals surface area (Å²) in [5.41, 5.74) is 1.68. The number of nitrogens with zero attached hydrogens (tertiary/aromatic N) is 1. The molecule has 7 heteroatoms. The van der Waals surface area contributed by atoms with Crippen LogP contribution in [0.25, 0.3) is 10.9 Å². The Balaban J connectivity index is 2.22. The van der Waals surface area contributed by atoms with E-state index in [1.54, 1.807) is 43.3 Å². The molecule has 138 valence electrons. The van der Waals surface area contributed by atoms with Crippen molar-refractivity contribution >= 4 is 34.2 Å². The molecule has 0 unspecified atom stereocenters. The summed E-state index contributed by atoms with van der Waals surface area (Å²) < 4.78 is 10.4. The Labute approximate surface area is 155 Å². The maximum Gasteiger partial charge on any atom is 0.341 e. The van der Waals surface area contributed by atoms with Crippen molar-refractivity contribution < 1.29 is 24.2 Å². The summed E-state index contributed by atoms with van der Waals surface area (Å²) in [5.74, 6) is -1.04. The number of nitrogens with one attached hydrogen (secondary N) is 1. The molecule has 0 aliphatic carbocycles. The number of methoxy groups -OCH3 is 1. The monoisotopic (exact) mass is 366 g/mol. The van der Waals surface area contributed by atoms with Crippen LogP contribution in [-0.4, -0.2) is 35.7 Å². The van der Waals surface area contributed by atoms with Crippen molar-refractivity contribution in [2.24, 2.45) is 0 Å². The average Bonchev–Trinajstić information content (AvgIpc) is 2.68. The highest BCUT2D eigenvalue weighted by Crippen LogP contribution is 2.33. The third-order valence-corrected chi connectivity index (χ3v) is 3.99. The predicted octanol–water partition coefficient (Wildman–Crippen LogP) is 3.86. The molecule has 0 fully saturated rings. The summed E-state index contributed by atoms with van der Waals surface area (Å²) in [6.07, 6.45) is 1.42. The van der Waals surface area contributed by atoms with Crippen LogP contribution in [0.15, 0.2) is 48.7 Å². The van der Waals surface area contributed by atoms with Crippen molar-refractivity contribution in [2.75, 3.05) is 19.0 Å². The summed E-state index contributed by atoms with van der Waals surface area (Å²) in [7, 11) is 1.54. The Morgan fingerprint density at radius 1 is 1.15 bits per heavy atom. The lowest BCUT2D eigenvalue weighted by Gasteiger charge is -2.16. The quantitative estimate of drug-likeness (QED) is 0.639. The fourth-order valence-electron chi connectivity index (χ4n) is 2.71. The first-order valence-corrected chi connectivity index (χ1v) is 8.28. The standard InChI is InChI=1S/C20H18N2O5/c1-3-27-20(25)15-11-21-16-9-8-12(26-2)10-14(16)18(15)22-17-7-5-4-6-13(17)19(23)24/h4-11H,3H2,1-2H3,(H,21,22)(H,23,24). The second kappa shape index (κ2) is 7.74. The molecule has 0 amide bonds. The van der Waals surface area contributed by atoms with Gasteiger partial charge in [0.05, 0.1) is 36.2 Å². The van der Waals surface area contributed by atoms with Gasteiger partial charge in [0.15, 0.2) is 0 Å². The van der Waals surface area contributed by atoms with Gasteiger partial charge in [-0.05, 0) is 37.3 Å². The Hall–Kier alpha value is -3.61. The number of ether oxygens (including phenoxy) is 2. The molecule has 2 N–H and O–H groups in total. The molecule has 0 atom stereocenters. The number of pyridine rings is 1. The van der Waals surface area contributed by atoms with E-state index in [0.29, 0.717) is 28.0 Å². The molecule has 0 bridgehead atoms. The van der Waals surface area contributed by atoms with Gasteiger partial charge in [0.1, 0.15) is 11.3 Å². The van der Waals surface area contributed by atoms with E-state index >= 15 is 0 Å². The Morgan fingerprint density at radius 2 is 1.93 bits per heavy atom. The highest BCUT2D eigenvalue weighted by molar-refractivity contribution is 6.07. The Morgan fingerprint density at radius 3 is 2.63 bits per heavy atom. The SMILES string of the molecule is CCOC(=O)c1cnc2ccc(OC)cc2c1Nc1ccccc1C(=O)O. The lowest BCUT2D eigenvalue weighted by molar-refractivity contribution is 0.0527. The maximum atomic E-state index is 12.4. The highest BCUT2D eigenvalue weighted by atomic mass is 16.5. The predicted molar refractivity (Wildman–Crippen MR) is 101 cm³/mol. The fraction of sp³-hybridized carbons (Fsp3) is 0.150. The fourth-order valence-corrected chi connectivity index (χ4v) is 2.71. The van der Waals surface area contributed by atoms with Gasteiger partial charge in [-0.25, -0.2) is 9.59 Å². The van der Waals surface area contributed by atoms with Gasteiger partial charge in [-0.2, -0.15) is 0 Å². The first-order chi connectivity index (χ1) is 13.0. The number of aromatic carboxylic acids is 1. The number of rotatable bonds is 6. The molecule has 3 aromatic rings. The van der Waals surface area contributed by atoms with Crippen LogP contribution < -0.4 is 10.1 Å². The van der Waals surface area contributed by atoms with Crippen molar-refractivity contribution in [2.45, 2.75) is 6.92 Å². The van der Waals surface area contributed by atoms with E-state index in [1.165, 1.54) is 19.4 Å². The molecule has 0 radical (unpaired) electrons. The molecule has 0 aliphatic rings.